The smallest absolute Gasteiger partial charge is 0.328 e. The average Bonchev–Trinajstić information content (AvgIpc) is 3.46. The molecular formula is C30H41N7O5. The lowest BCUT2D eigenvalue weighted by Crippen LogP contribution is -2.43. The van der Waals surface area contributed by atoms with Gasteiger partial charge in [-0.3, -0.25) is 15.1 Å². The van der Waals surface area contributed by atoms with Gasteiger partial charge in [-0.15, -0.1) is 0 Å². The molecule has 0 spiro atoms. The van der Waals surface area contributed by atoms with Gasteiger partial charge in [0.05, 0.1) is 36.6 Å². The van der Waals surface area contributed by atoms with Crippen LogP contribution in [0.5, 0.6) is 0 Å². The summed E-state index contributed by atoms with van der Waals surface area (Å²) in [6.45, 7) is 5.56. The van der Waals surface area contributed by atoms with E-state index in [4.69, 9.17) is 23.9 Å². The van der Waals surface area contributed by atoms with Gasteiger partial charge in [-0.2, -0.15) is 5.26 Å². The van der Waals surface area contributed by atoms with E-state index in [9.17, 15) is 10.1 Å². The molecule has 5 rings (SSSR count). The van der Waals surface area contributed by atoms with E-state index in [1.807, 2.05) is 0 Å². The van der Waals surface area contributed by atoms with Gasteiger partial charge in [0.25, 0.3) is 0 Å². The minimum absolute atomic E-state index is 0.0762. The number of aromatic nitrogens is 2. The van der Waals surface area contributed by atoms with Crippen molar-refractivity contribution >= 4 is 23.4 Å². The summed E-state index contributed by atoms with van der Waals surface area (Å²) >= 11 is 0. The number of ether oxygens (including phenoxy) is 4. The maximum absolute atomic E-state index is 13.6. The van der Waals surface area contributed by atoms with Crippen LogP contribution in [0.15, 0.2) is 18.3 Å². The summed E-state index contributed by atoms with van der Waals surface area (Å²) in [5.74, 6) is 0.943. The zero-order chi connectivity index (χ0) is 29.6. The van der Waals surface area contributed by atoms with E-state index in [1.54, 1.807) is 32.3 Å². The summed E-state index contributed by atoms with van der Waals surface area (Å²) in [6, 6.07) is 6.07. The lowest BCUT2D eigenvalue weighted by atomic mass is 10.0. The molecule has 3 aliphatic rings. The normalized spacial score (nSPS) is 22.6. The second-order valence-electron chi connectivity index (χ2n) is 11.1. The van der Waals surface area contributed by atoms with Crippen LogP contribution in [0, 0.1) is 11.3 Å². The highest BCUT2D eigenvalue weighted by Gasteiger charge is 2.31. The highest BCUT2D eigenvalue weighted by Crippen LogP contribution is 2.33. The molecule has 1 saturated carbocycles. The van der Waals surface area contributed by atoms with Gasteiger partial charge in [-0.05, 0) is 56.2 Å². The van der Waals surface area contributed by atoms with Gasteiger partial charge in [0, 0.05) is 59.3 Å². The van der Waals surface area contributed by atoms with Gasteiger partial charge in [0.2, 0.25) is 6.29 Å². The van der Waals surface area contributed by atoms with Gasteiger partial charge in [0.15, 0.2) is 0 Å². The minimum Gasteiger partial charge on any atom is -0.379 e. The van der Waals surface area contributed by atoms with Crippen LogP contribution in [0.2, 0.25) is 0 Å². The largest absolute Gasteiger partial charge is 0.379 e. The number of rotatable bonds is 9. The van der Waals surface area contributed by atoms with E-state index >= 15 is 0 Å². The Morgan fingerprint density at radius 3 is 2.79 bits per heavy atom. The number of carbonyl (C=O) groups is 1. The van der Waals surface area contributed by atoms with Crippen molar-refractivity contribution in [2.45, 2.75) is 70.1 Å². The number of urea groups is 1. The van der Waals surface area contributed by atoms with Crippen molar-refractivity contribution in [3.05, 3.63) is 40.7 Å². The highest BCUT2D eigenvalue weighted by molar-refractivity contribution is 6.01. The van der Waals surface area contributed by atoms with E-state index in [0.717, 1.165) is 49.8 Å². The Morgan fingerprint density at radius 1 is 1.21 bits per heavy atom. The highest BCUT2D eigenvalue weighted by atomic mass is 16.7. The number of amides is 2. The Morgan fingerprint density at radius 2 is 2.05 bits per heavy atom. The first-order valence-corrected chi connectivity index (χ1v) is 14.6. The van der Waals surface area contributed by atoms with Crippen molar-refractivity contribution in [3.8, 4) is 6.07 Å². The molecule has 0 aromatic carbocycles. The summed E-state index contributed by atoms with van der Waals surface area (Å²) in [7, 11) is 4.88. The average molecular weight is 580 g/mol. The van der Waals surface area contributed by atoms with Gasteiger partial charge in [-0.1, -0.05) is 0 Å². The maximum Gasteiger partial charge on any atom is 0.328 e. The molecule has 0 bridgehead atoms. The van der Waals surface area contributed by atoms with E-state index in [1.165, 1.54) is 6.20 Å². The van der Waals surface area contributed by atoms with Crippen molar-refractivity contribution in [1.29, 1.82) is 5.26 Å². The first-order valence-electron chi connectivity index (χ1n) is 14.6. The SMILES string of the molecule is COC(OC)c1nc2c(cc1CN1CCOCC1C)CCCN2C(=O)Nc1cc(N[C@H]2CCC[C@@H]2OC)c(C#N)cn1. The summed E-state index contributed by atoms with van der Waals surface area (Å²) in [5, 5.41) is 16.0. The number of carbonyl (C=O) groups excluding carboxylic acids is 1. The summed E-state index contributed by atoms with van der Waals surface area (Å²) in [4.78, 5) is 27.0. The second kappa shape index (κ2) is 13.8. The minimum atomic E-state index is -0.672. The lowest BCUT2D eigenvalue weighted by Gasteiger charge is -2.35. The van der Waals surface area contributed by atoms with Crippen LogP contribution < -0.4 is 15.5 Å². The molecule has 2 aromatic heterocycles. The number of hydrogen-bond acceptors (Lipinski definition) is 10. The number of hydrogen-bond donors (Lipinski definition) is 2. The molecule has 1 aliphatic carbocycles. The van der Waals surface area contributed by atoms with Crippen LogP contribution in [0.3, 0.4) is 0 Å². The number of anilines is 3. The van der Waals surface area contributed by atoms with Crippen molar-refractivity contribution in [1.82, 2.24) is 14.9 Å². The van der Waals surface area contributed by atoms with Gasteiger partial charge < -0.3 is 24.3 Å². The van der Waals surface area contributed by atoms with E-state index in [0.29, 0.717) is 54.9 Å². The molecule has 42 heavy (non-hydrogen) atoms. The Labute approximate surface area is 247 Å². The number of aryl methyl sites for hydroxylation is 1. The predicted molar refractivity (Wildman–Crippen MR) is 157 cm³/mol. The molecule has 2 N–H and O–H groups in total. The van der Waals surface area contributed by atoms with Crippen LogP contribution in [0.25, 0.3) is 0 Å². The Balaban J connectivity index is 1.39. The summed E-state index contributed by atoms with van der Waals surface area (Å²) < 4.78 is 22.5. The number of morpholine rings is 1. The number of nitriles is 1. The lowest BCUT2D eigenvalue weighted by molar-refractivity contribution is -0.109. The number of fused-ring (bicyclic) bond motifs is 1. The molecular weight excluding hydrogens is 538 g/mol. The molecule has 3 atom stereocenters. The van der Waals surface area contributed by atoms with E-state index < -0.39 is 6.29 Å². The fourth-order valence-corrected chi connectivity index (χ4v) is 6.10. The molecule has 1 unspecified atom stereocenters. The molecule has 4 heterocycles. The van der Waals surface area contributed by atoms with Crippen molar-refractivity contribution < 1.29 is 23.7 Å². The zero-order valence-corrected chi connectivity index (χ0v) is 24.9. The Kier molecular flexibility index (Phi) is 9.87. The first-order chi connectivity index (χ1) is 20.4. The Hall–Kier alpha value is -3.34. The summed E-state index contributed by atoms with van der Waals surface area (Å²) in [5.41, 5.74) is 3.72. The van der Waals surface area contributed by atoms with Crippen molar-refractivity contribution in [3.63, 3.8) is 0 Å². The number of nitrogens with one attached hydrogen (secondary N) is 2. The van der Waals surface area contributed by atoms with E-state index in [-0.39, 0.29) is 24.2 Å². The van der Waals surface area contributed by atoms with Crippen LogP contribution in [-0.4, -0.2) is 86.7 Å². The molecule has 2 aromatic rings. The molecule has 2 amide bonds. The third-order valence-electron chi connectivity index (χ3n) is 8.41. The van der Waals surface area contributed by atoms with Gasteiger partial charge in [0.1, 0.15) is 23.4 Å². The molecule has 12 nitrogen and oxygen atoms in total. The monoisotopic (exact) mass is 579 g/mol. The third-order valence-corrected chi connectivity index (χ3v) is 8.41. The molecule has 1 saturated heterocycles. The maximum atomic E-state index is 13.6. The summed E-state index contributed by atoms with van der Waals surface area (Å²) in [6.07, 6.45) is 5.47. The number of pyridine rings is 2. The van der Waals surface area contributed by atoms with Gasteiger partial charge in [-0.25, -0.2) is 14.8 Å². The standard InChI is InChI=1S/C30H41N7O5/c1-19-18-42-12-11-36(19)17-21-13-20-7-6-10-37(28(20)35-27(21)29(40-3)41-4)30(38)34-26-14-24(22(15-31)16-32-26)33-23-8-5-9-25(23)39-2/h13-14,16,19,23,25,29H,5-12,17-18H2,1-4H3,(H2,32,33,34,38)/t19?,23-,25-/m0/s1. The first kappa shape index (κ1) is 30.1. The molecule has 226 valence electrons. The van der Waals surface area contributed by atoms with Crippen LogP contribution in [0.1, 0.15) is 61.3 Å². The number of methoxy groups -OCH3 is 3. The fraction of sp³-hybridized carbons (Fsp3) is 0.600. The van der Waals surface area contributed by atoms with Crippen molar-refractivity contribution in [2.24, 2.45) is 0 Å². The van der Waals surface area contributed by atoms with Gasteiger partial charge >= 0.3 is 6.03 Å². The van der Waals surface area contributed by atoms with Crippen LogP contribution >= 0.6 is 0 Å². The van der Waals surface area contributed by atoms with Crippen LogP contribution in [-0.2, 0) is 31.9 Å². The second-order valence-corrected chi connectivity index (χ2v) is 11.1. The third kappa shape index (κ3) is 6.50. The molecule has 2 fully saturated rings. The zero-order valence-electron chi connectivity index (χ0n) is 24.9. The van der Waals surface area contributed by atoms with Crippen LogP contribution in [0.4, 0.5) is 22.1 Å². The molecule has 12 heteroatoms. The Bertz CT molecular complexity index is 1300. The molecule has 0 radical (unpaired) electrons. The topological polar surface area (TPSA) is 134 Å². The van der Waals surface area contributed by atoms with E-state index in [2.05, 4.69) is 39.6 Å². The molecule has 2 aliphatic heterocycles. The quantitative estimate of drug-likeness (QED) is 0.422. The predicted octanol–water partition coefficient (Wildman–Crippen LogP) is 3.82. The fourth-order valence-electron chi connectivity index (χ4n) is 6.10. The number of nitrogens with zero attached hydrogens (tertiary/aromatic N) is 5. The van der Waals surface area contributed by atoms with Crippen molar-refractivity contribution in [2.75, 3.05) is 63.2 Å².